The monoisotopic (exact) mass is 426 g/mol. The molecule has 0 atom stereocenters. The van der Waals surface area contributed by atoms with Crippen molar-refractivity contribution in [1.82, 2.24) is 4.90 Å². The van der Waals surface area contributed by atoms with Crippen molar-refractivity contribution in [3.05, 3.63) is 69.4 Å². The van der Waals surface area contributed by atoms with Gasteiger partial charge in [0.2, 0.25) is 0 Å². The minimum Gasteiger partial charge on any atom is -0.382 e. The van der Waals surface area contributed by atoms with Crippen molar-refractivity contribution >= 4 is 34.7 Å². The van der Waals surface area contributed by atoms with Crippen LogP contribution in [0, 0.1) is 20.8 Å². The fourth-order valence-corrected chi connectivity index (χ4v) is 3.74. The summed E-state index contributed by atoms with van der Waals surface area (Å²) in [6.07, 6.45) is 0.592. The molecular weight excluding hydrogens is 400 g/mol. The summed E-state index contributed by atoms with van der Waals surface area (Å²) < 4.78 is 5.37. The molecule has 2 aromatic rings. The van der Waals surface area contributed by atoms with Gasteiger partial charge in [-0.2, -0.15) is 0 Å². The van der Waals surface area contributed by atoms with Crippen molar-refractivity contribution in [2.24, 2.45) is 0 Å². The molecule has 30 heavy (non-hydrogen) atoms. The van der Waals surface area contributed by atoms with E-state index in [9.17, 15) is 9.59 Å². The highest BCUT2D eigenvalue weighted by atomic mass is 35.5. The molecule has 0 radical (unpaired) electrons. The van der Waals surface area contributed by atoms with Crippen LogP contribution in [0.1, 0.15) is 35.6 Å². The summed E-state index contributed by atoms with van der Waals surface area (Å²) in [4.78, 5) is 27.9. The molecule has 2 aromatic carbocycles. The number of nitrogens with one attached hydrogen (secondary N) is 1. The van der Waals surface area contributed by atoms with Crippen LogP contribution in [-0.4, -0.2) is 36.5 Å². The van der Waals surface area contributed by atoms with Gasteiger partial charge >= 0.3 is 0 Å². The Kier molecular flexibility index (Phi) is 6.95. The number of carbonyl (C=O) groups is 2. The molecule has 0 spiro atoms. The zero-order valence-electron chi connectivity index (χ0n) is 17.8. The van der Waals surface area contributed by atoms with Crippen LogP contribution in [-0.2, 0) is 14.3 Å². The molecular formula is C24H27ClN2O3. The van der Waals surface area contributed by atoms with Crippen molar-refractivity contribution in [3.8, 4) is 0 Å². The van der Waals surface area contributed by atoms with E-state index in [0.29, 0.717) is 42.5 Å². The Balaban J connectivity index is 2.03. The summed E-state index contributed by atoms with van der Waals surface area (Å²) in [5.74, 6) is -0.614. The highest BCUT2D eigenvalue weighted by Crippen LogP contribution is 2.33. The first-order valence-electron chi connectivity index (χ1n) is 10.1. The van der Waals surface area contributed by atoms with E-state index >= 15 is 0 Å². The van der Waals surface area contributed by atoms with Crippen LogP contribution in [0.2, 0.25) is 5.02 Å². The fourth-order valence-electron chi connectivity index (χ4n) is 3.57. The van der Waals surface area contributed by atoms with Gasteiger partial charge in [0.05, 0.1) is 5.57 Å². The Labute approximate surface area is 182 Å². The van der Waals surface area contributed by atoms with Crippen LogP contribution in [0.25, 0.3) is 5.57 Å². The van der Waals surface area contributed by atoms with E-state index in [1.807, 2.05) is 52.0 Å². The molecule has 0 saturated carbocycles. The predicted molar refractivity (Wildman–Crippen MR) is 120 cm³/mol. The number of ether oxygens (including phenoxy) is 1. The van der Waals surface area contributed by atoms with E-state index in [-0.39, 0.29) is 17.5 Å². The van der Waals surface area contributed by atoms with Crippen molar-refractivity contribution in [3.63, 3.8) is 0 Å². The van der Waals surface area contributed by atoms with Gasteiger partial charge in [0.25, 0.3) is 11.8 Å². The van der Waals surface area contributed by atoms with Gasteiger partial charge in [-0.25, -0.2) is 0 Å². The third-order valence-corrected chi connectivity index (χ3v) is 5.39. The van der Waals surface area contributed by atoms with Crippen LogP contribution < -0.4 is 5.32 Å². The summed E-state index contributed by atoms with van der Waals surface area (Å²) in [7, 11) is 0. The number of rotatable bonds is 8. The number of halogens is 1. The lowest BCUT2D eigenvalue weighted by atomic mass is 9.97. The molecule has 0 fully saturated rings. The number of hydrogen-bond acceptors (Lipinski definition) is 4. The molecule has 1 aliphatic rings. The number of imide groups is 1. The summed E-state index contributed by atoms with van der Waals surface area (Å²) in [5, 5.41) is 3.76. The summed E-state index contributed by atoms with van der Waals surface area (Å²) in [5.41, 5.74) is 5.13. The minimum atomic E-state index is -0.328. The molecule has 6 heteroatoms. The molecule has 0 unspecified atom stereocenters. The van der Waals surface area contributed by atoms with Crippen LogP contribution in [0.4, 0.5) is 5.69 Å². The molecule has 1 aliphatic heterocycles. The molecule has 0 aromatic heterocycles. The van der Waals surface area contributed by atoms with Gasteiger partial charge in [-0.3, -0.25) is 14.5 Å². The van der Waals surface area contributed by atoms with Crippen molar-refractivity contribution in [1.29, 1.82) is 0 Å². The summed E-state index contributed by atoms with van der Waals surface area (Å²) >= 11 is 6.16. The van der Waals surface area contributed by atoms with E-state index < -0.39 is 0 Å². The Bertz CT molecular complexity index is 1010. The van der Waals surface area contributed by atoms with Crippen molar-refractivity contribution < 1.29 is 14.3 Å². The van der Waals surface area contributed by atoms with Gasteiger partial charge in [-0.1, -0.05) is 41.4 Å². The zero-order valence-corrected chi connectivity index (χ0v) is 18.6. The Morgan fingerprint density at radius 3 is 2.47 bits per heavy atom. The van der Waals surface area contributed by atoms with E-state index in [2.05, 4.69) is 5.32 Å². The lowest BCUT2D eigenvalue weighted by molar-refractivity contribution is -0.137. The Morgan fingerprint density at radius 2 is 1.77 bits per heavy atom. The number of aryl methyl sites for hydroxylation is 3. The Morgan fingerprint density at radius 1 is 1.00 bits per heavy atom. The SMILES string of the molecule is CCOCCCN1C(=O)C(Nc2cc(Cl)ccc2C)=C(c2ccc(C)cc2C)C1=O. The molecule has 0 bridgehead atoms. The topological polar surface area (TPSA) is 58.6 Å². The average Bonchev–Trinajstić information content (AvgIpc) is 2.92. The lowest BCUT2D eigenvalue weighted by Gasteiger charge is -2.15. The normalized spacial score (nSPS) is 14.1. The van der Waals surface area contributed by atoms with Gasteiger partial charge < -0.3 is 10.1 Å². The molecule has 1 N–H and O–H groups in total. The smallest absolute Gasteiger partial charge is 0.278 e. The number of anilines is 1. The standard InChI is InChI=1S/C24H27ClN2O3/c1-5-30-12-6-11-27-23(28)21(19-10-7-15(2)13-17(19)4)22(24(27)29)26-20-14-18(25)9-8-16(20)3/h7-10,13-14,26H,5-6,11-12H2,1-4H3. The molecule has 1 heterocycles. The number of benzene rings is 2. The number of carbonyl (C=O) groups excluding carboxylic acids is 2. The van der Waals surface area contributed by atoms with Gasteiger partial charge in [-0.05, 0) is 62.9 Å². The highest BCUT2D eigenvalue weighted by molar-refractivity contribution is 6.37. The first kappa shape index (κ1) is 22.1. The van der Waals surface area contributed by atoms with Crippen LogP contribution in [0.5, 0.6) is 0 Å². The van der Waals surface area contributed by atoms with E-state index in [4.69, 9.17) is 16.3 Å². The maximum absolute atomic E-state index is 13.3. The molecule has 2 amide bonds. The van der Waals surface area contributed by atoms with Gasteiger partial charge in [-0.15, -0.1) is 0 Å². The average molecular weight is 427 g/mol. The third kappa shape index (κ3) is 4.58. The van der Waals surface area contributed by atoms with E-state index in [1.54, 1.807) is 12.1 Å². The molecule has 5 nitrogen and oxygen atoms in total. The van der Waals surface area contributed by atoms with Crippen LogP contribution in [0.3, 0.4) is 0 Å². The third-order valence-electron chi connectivity index (χ3n) is 5.15. The molecule has 158 valence electrons. The fraction of sp³-hybridized carbons (Fsp3) is 0.333. The van der Waals surface area contributed by atoms with Gasteiger partial charge in [0, 0.05) is 30.5 Å². The minimum absolute atomic E-state index is 0.286. The van der Waals surface area contributed by atoms with Crippen LogP contribution >= 0.6 is 11.6 Å². The first-order valence-corrected chi connectivity index (χ1v) is 10.5. The van der Waals surface area contributed by atoms with Crippen molar-refractivity contribution in [2.45, 2.75) is 34.1 Å². The van der Waals surface area contributed by atoms with Crippen molar-refractivity contribution in [2.75, 3.05) is 25.1 Å². The molecule has 3 rings (SSSR count). The van der Waals surface area contributed by atoms with Crippen LogP contribution in [0.15, 0.2) is 42.1 Å². The molecule has 0 saturated heterocycles. The number of hydrogen-bond donors (Lipinski definition) is 1. The first-order chi connectivity index (χ1) is 14.3. The largest absolute Gasteiger partial charge is 0.382 e. The lowest BCUT2D eigenvalue weighted by Crippen LogP contribution is -2.34. The summed E-state index contributed by atoms with van der Waals surface area (Å²) in [6, 6.07) is 11.3. The quantitative estimate of drug-likeness (QED) is 0.482. The number of nitrogens with zero attached hydrogens (tertiary/aromatic N) is 1. The van der Waals surface area contributed by atoms with E-state index in [0.717, 1.165) is 22.3 Å². The maximum atomic E-state index is 13.3. The maximum Gasteiger partial charge on any atom is 0.278 e. The number of amides is 2. The zero-order chi connectivity index (χ0) is 21.8. The second kappa shape index (κ2) is 9.45. The second-order valence-electron chi connectivity index (χ2n) is 7.47. The highest BCUT2D eigenvalue weighted by Gasteiger charge is 2.39. The second-order valence-corrected chi connectivity index (χ2v) is 7.90. The predicted octanol–water partition coefficient (Wildman–Crippen LogP) is 4.88. The van der Waals surface area contributed by atoms with Gasteiger partial charge in [0.15, 0.2) is 0 Å². The molecule has 0 aliphatic carbocycles. The summed E-state index contributed by atoms with van der Waals surface area (Å²) in [6.45, 7) is 9.22. The van der Waals surface area contributed by atoms with E-state index in [1.165, 1.54) is 4.90 Å². The Hall–Kier alpha value is -2.63. The van der Waals surface area contributed by atoms with Gasteiger partial charge in [0.1, 0.15) is 5.70 Å².